The molecule has 0 saturated carbocycles. The summed E-state index contributed by atoms with van der Waals surface area (Å²) in [7, 11) is 0. The fraction of sp³-hybridized carbons (Fsp3) is 0.538. The number of fused-ring (bicyclic) bond motifs is 1. The van der Waals surface area contributed by atoms with Crippen LogP contribution in [0.15, 0.2) is 23.1 Å². The number of carbonyl (C=O) groups excluding carboxylic acids is 1. The zero-order valence-electron chi connectivity index (χ0n) is 10.2. The molecule has 96 valence electrons. The van der Waals surface area contributed by atoms with E-state index < -0.39 is 0 Å². The zero-order chi connectivity index (χ0) is 12.5. The SMILES string of the molecule is O=C(c1ccc[nH]c1=O)N1CC2CCCNC2C1. The van der Waals surface area contributed by atoms with Crippen LogP contribution < -0.4 is 10.9 Å². The Hall–Kier alpha value is -1.62. The van der Waals surface area contributed by atoms with Gasteiger partial charge in [0.25, 0.3) is 11.5 Å². The number of piperidine rings is 1. The summed E-state index contributed by atoms with van der Waals surface area (Å²) in [6, 6.07) is 3.69. The second kappa shape index (κ2) is 4.57. The lowest BCUT2D eigenvalue weighted by molar-refractivity contribution is 0.0784. The Morgan fingerprint density at radius 2 is 2.28 bits per heavy atom. The molecule has 0 aliphatic carbocycles. The Kier molecular flexibility index (Phi) is 2.91. The van der Waals surface area contributed by atoms with Gasteiger partial charge in [-0.2, -0.15) is 0 Å². The smallest absolute Gasteiger partial charge is 0.260 e. The molecule has 2 fully saturated rings. The van der Waals surface area contributed by atoms with Crippen molar-refractivity contribution in [3.05, 3.63) is 34.2 Å². The zero-order valence-corrected chi connectivity index (χ0v) is 10.2. The third-order valence-corrected chi connectivity index (χ3v) is 3.94. The molecule has 0 radical (unpaired) electrons. The Morgan fingerprint density at radius 3 is 3.06 bits per heavy atom. The van der Waals surface area contributed by atoms with Gasteiger partial charge in [-0.1, -0.05) is 0 Å². The number of nitrogens with zero attached hydrogens (tertiary/aromatic N) is 1. The van der Waals surface area contributed by atoms with Crippen molar-refractivity contribution >= 4 is 5.91 Å². The highest BCUT2D eigenvalue weighted by Gasteiger charge is 2.37. The van der Waals surface area contributed by atoms with Gasteiger partial charge < -0.3 is 15.2 Å². The molecule has 2 aliphatic heterocycles. The molecule has 1 aromatic heterocycles. The third kappa shape index (κ3) is 1.95. The summed E-state index contributed by atoms with van der Waals surface area (Å²) >= 11 is 0. The standard InChI is InChI=1S/C13H17N3O2/c17-12-10(4-2-6-15-12)13(18)16-7-9-3-1-5-14-11(9)8-16/h2,4,6,9,11,14H,1,3,5,7-8H2,(H,15,17). The van der Waals surface area contributed by atoms with Gasteiger partial charge in [0, 0.05) is 25.3 Å². The van der Waals surface area contributed by atoms with Crippen LogP contribution >= 0.6 is 0 Å². The number of rotatable bonds is 1. The second-order valence-electron chi connectivity index (χ2n) is 5.09. The fourth-order valence-corrected chi connectivity index (χ4v) is 2.97. The van der Waals surface area contributed by atoms with Crippen LogP contribution in [-0.4, -0.2) is 41.5 Å². The highest BCUT2D eigenvalue weighted by molar-refractivity contribution is 5.94. The molecule has 2 aliphatic rings. The maximum atomic E-state index is 12.3. The number of H-pyrrole nitrogens is 1. The quantitative estimate of drug-likeness (QED) is 0.745. The molecule has 5 nitrogen and oxygen atoms in total. The normalized spacial score (nSPS) is 27.0. The summed E-state index contributed by atoms with van der Waals surface area (Å²) in [6.45, 7) is 2.53. The predicted molar refractivity (Wildman–Crippen MR) is 67.5 cm³/mol. The molecule has 0 spiro atoms. The van der Waals surface area contributed by atoms with E-state index in [4.69, 9.17) is 0 Å². The van der Waals surface area contributed by atoms with E-state index in [0.717, 1.165) is 19.6 Å². The van der Waals surface area contributed by atoms with Gasteiger partial charge in [-0.05, 0) is 37.4 Å². The average molecular weight is 247 g/mol. The van der Waals surface area contributed by atoms with E-state index in [9.17, 15) is 9.59 Å². The number of nitrogens with one attached hydrogen (secondary N) is 2. The van der Waals surface area contributed by atoms with Crippen molar-refractivity contribution in [1.82, 2.24) is 15.2 Å². The van der Waals surface area contributed by atoms with E-state index in [0.29, 0.717) is 12.0 Å². The molecule has 2 saturated heterocycles. The highest BCUT2D eigenvalue weighted by Crippen LogP contribution is 2.25. The van der Waals surface area contributed by atoms with Gasteiger partial charge in [-0.25, -0.2) is 0 Å². The number of pyridine rings is 1. The van der Waals surface area contributed by atoms with Crippen molar-refractivity contribution in [3.63, 3.8) is 0 Å². The first-order chi connectivity index (χ1) is 8.75. The first-order valence-corrected chi connectivity index (χ1v) is 6.46. The lowest BCUT2D eigenvalue weighted by Crippen LogP contribution is -2.41. The summed E-state index contributed by atoms with van der Waals surface area (Å²) in [6.07, 6.45) is 3.89. The lowest BCUT2D eigenvalue weighted by atomic mass is 9.94. The molecule has 2 atom stereocenters. The molecular formula is C13H17N3O2. The van der Waals surface area contributed by atoms with Gasteiger partial charge in [-0.15, -0.1) is 0 Å². The van der Waals surface area contributed by atoms with E-state index >= 15 is 0 Å². The Bertz CT molecular complexity index is 497. The van der Waals surface area contributed by atoms with Crippen LogP contribution in [0.5, 0.6) is 0 Å². The number of aromatic amines is 1. The van der Waals surface area contributed by atoms with Crippen LogP contribution in [0.1, 0.15) is 23.2 Å². The Balaban J connectivity index is 1.78. The van der Waals surface area contributed by atoms with Crippen LogP contribution in [0.4, 0.5) is 0 Å². The lowest BCUT2D eigenvalue weighted by Gasteiger charge is -2.24. The Labute approximate surface area is 105 Å². The monoisotopic (exact) mass is 247 g/mol. The minimum Gasteiger partial charge on any atom is -0.337 e. The number of likely N-dealkylation sites (tertiary alicyclic amines) is 1. The number of amides is 1. The van der Waals surface area contributed by atoms with Gasteiger partial charge in [0.05, 0.1) is 0 Å². The molecule has 5 heteroatoms. The van der Waals surface area contributed by atoms with Crippen LogP contribution in [0.3, 0.4) is 0 Å². The van der Waals surface area contributed by atoms with Gasteiger partial charge >= 0.3 is 0 Å². The van der Waals surface area contributed by atoms with E-state index in [1.807, 2.05) is 0 Å². The minimum atomic E-state index is -0.301. The molecule has 3 heterocycles. The summed E-state index contributed by atoms with van der Waals surface area (Å²) in [5, 5.41) is 3.45. The molecule has 2 N–H and O–H groups in total. The second-order valence-corrected chi connectivity index (χ2v) is 5.09. The maximum Gasteiger partial charge on any atom is 0.260 e. The largest absolute Gasteiger partial charge is 0.337 e. The van der Waals surface area contributed by atoms with Crippen molar-refractivity contribution in [3.8, 4) is 0 Å². The molecule has 3 rings (SSSR count). The van der Waals surface area contributed by atoms with Gasteiger partial charge in [0.1, 0.15) is 5.56 Å². The highest BCUT2D eigenvalue weighted by atomic mass is 16.2. The summed E-state index contributed by atoms with van der Waals surface area (Å²) in [5.41, 5.74) is -0.0542. The average Bonchev–Trinajstić information content (AvgIpc) is 2.82. The van der Waals surface area contributed by atoms with E-state index in [2.05, 4.69) is 10.3 Å². The topological polar surface area (TPSA) is 65.2 Å². The first-order valence-electron chi connectivity index (χ1n) is 6.46. The maximum absolute atomic E-state index is 12.3. The van der Waals surface area contributed by atoms with Gasteiger partial charge in [-0.3, -0.25) is 9.59 Å². The van der Waals surface area contributed by atoms with Crippen molar-refractivity contribution in [2.24, 2.45) is 5.92 Å². The van der Waals surface area contributed by atoms with Gasteiger partial charge in [0.15, 0.2) is 0 Å². The van der Waals surface area contributed by atoms with Crippen molar-refractivity contribution < 1.29 is 4.79 Å². The predicted octanol–water partition coefficient (Wildman–Crippen LogP) is 0.199. The summed E-state index contributed by atoms with van der Waals surface area (Å²) < 4.78 is 0. The van der Waals surface area contributed by atoms with Crippen LogP contribution in [0.25, 0.3) is 0 Å². The van der Waals surface area contributed by atoms with E-state index in [-0.39, 0.29) is 17.0 Å². The van der Waals surface area contributed by atoms with Gasteiger partial charge in [0.2, 0.25) is 0 Å². The summed E-state index contributed by atoms with van der Waals surface area (Å²) in [4.78, 5) is 28.3. The number of aromatic nitrogens is 1. The first kappa shape index (κ1) is 11.5. The van der Waals surface area contributed by atoms with Crippen LogP contribution in [0, 0.1) is 5.92 Å². The number of hydrogen-bond acceptors (Lipinski definition) is 3. The molecule has 0 aromatic carbocycles. The van der Waals surface area contributed by atoms with Crippen molar-refractivity contribution in [1.29, 1.82) is 0 Å². The van der Waals surface area contributed by atoms with Crippen molar-refractivity contribution in [2.45, 2.75) is 18.9 Å². The number of hydrogen-bond donors (Lipinski definition) is 2. The van der Waals surface area contributed by atoms with Crippen LogP contribution in [-0.2, 0) is 0 Å². The van der Waals surface area contributed by atoms with Crippen LogP contribution in [0.2, 0.25) is 0 Å². The molecule has 18 heavy (non-hydrogen) atoms. The Morgan fingerprint density at radius 1 is 1.39 bits per heavy atom. The minimum absolute atomic E-state index is 0.145. The molecule has 1 aromatic rings. The van der Waals surface area contributed by atoms with Crippen molar-refractivity contribution in [2.75, 3.05) is 19.6 Å². The molecular weight excluding hydrogens is 230 g/mol. The third-order valence-electron chi connectivity index (χ3n) is 3.94. The summed E-state index contributed by atoms with van der Waals surface area (Å²) in [5.74, 6) is 0.401. The molecule has 0 bridgehead atoms. The number of carbonyl (C=O) groups is 1. The van der Waals surface area contributed by atoms with E-state index in [1.165, 1.54) is 12.8 Å². The van der Waals surface area contributed by atoms with E-state index in [1.54, 1.807) is 23.2 Å². The fourth-order valence-electron chi connectivity index (χ4n) is 2.97. The molecule has 2 unspecified atom stereocenters. The molecule has 1 amide bonds.